The Bertz CT molecular complexity index is 1570. The van der Waals surface area contributed by atoms with Gasteiger partial charge in [0.1, 0.15) is 23.8 Å². The second-order valence-electron chi connectivity index (χ2n) is 17.0. The van der Waals surface area contributed by atoms with E-state index in [0.29, 0.717) is 24.1 Å². The van der Waals surface area contributed by atoms with Crippen LogP contribution in [0.25, 0.3) is 0 Å². The molecule has 4 rings (SSSR count). The highest BCUT2D eigenvalue weighted by atomic mass is 16.2. The Hall–Kier alpha value is -4.03. The number of likely N-dealkylation sites (tertiary alicyclic amines) is 1. The van der Waals surface area contributed by atoms with Crippen molar-refractivity contribution in [1.29, 1.82) is 0 Å². The van der Waals surface area contributed by atoms with E-state index < -0.39 is 64.9 Å². The van der Waals surface area contributed by atoms with E-state index in [2.05, 4.69) is 26.3 Å². The number of nitrogens with one attached hydrogen (secondary N) is 5. The number of Topliss-reactive ketones (excluding diaryl/α,β-unsaturated/α-hetero) is 2. The molecule has 294 valence electrons. The van der Waals surface area contributed by atoms with Crippen LogP contribution in [0.1, 0.15) is 145 Å². The third-order valence-corrected chi connectivity index (χ3v) is 11.4. The lowest BCUT2D eigenvalue weighted by Gasteiger charge is -2.38. The first kappa shape index (κ1) is 41.7. The molecular weight excluding hydrogens is 676 g/mol. The second kappa shape index (κ2) is 17.4. The maximum Gasteiger partial charge on any atom is 0.289 e. The smallest absolute Gasteiger partial charge is 0.289 e. The van der Waals surface area contributed by atoms with Crippen LogP contribution in [0.15, 0.2) is 0 Å². The van der Waals surface area contributed by atoms with Gasteiger partial charge < -0.3 is 31.2 Å². The number of rotatable bonds is 15. The number of aromatic nitrogens is 1. The number of carbonyl (C=O) groups excluding carboxylic acids is 7. The second-order valence-corrected chi connectivity index (χ2v) is 17.0. The van der Waals surface area contributed by atoms with E-state index in [1.54, 1.807) is 13.8 Å². The van der Waals surface area contributed by atoms with E-state index in [4.69, 9.17) is 0 Å². The first-order valence-electron chi connectivity index (χ1n) is 19.6. The highest BCUT2D eigenvalue weighted by molar-refractivity contribution is 6.38. The molecule has 2 aliphatic carbocycles. The topological polar surface area (TPSA) is 187 Å². The molecule has 0 aromatic carbocycles. The molecule has 2 saturated carbocycles. The lowest BCUT2D eigenvalue weighted by molar-refractivity contribution is -0.146. The largest absolute Gasteiger partial charge is 0.354 e. The fourth-order valence-electron chi connectivity index (χ4n) is 8.01. The molecule has 5 atom stereocenters. The first-order chi connectivity index (χ1) is 24.9. The Morgan fingerprint density at radius 1 is 0.887 bits per heavy atom. The fourth-order valence-corrected chi connectivity index (χ4v) is 8.01. The third kappa shape index (κ3) is 9.94. The van der Waals surface area contributed by atoms with Crippen LogP contribution in [0.2, 0.25) is 0 Å². The minimum absolute atomic E-state index is 0.00634. The van der Waals surface area contributed by atoms with Gasteiger partial charge in [0.2, 0.25) is 23.5 Å². The summed E-state index contributed by atoms with van der Waals surface area (Å²) in [7, 11) is 0. The Kier molecular flexibility index (Phi) is 13.7. The van der Waals surface area contributed by atoms with Crippen molar-refractivity contribution in [3.05, 3.63) is 22.5 Å². The Morgan fingerprint density at radius 3 is 2.08 bits per heavy atom. The zero-order valence-electron chi connectivity index (χ0n) is 33.2. The molecule has 1 unspecified atom stereocenters. The van der Waals surface area contributed by atoms with E-state index in [1.807, 2.05) is 41.5 Å². The third-order valence-electron chi connectivity index (χ3n) is 11.4. The van der Waals surface area contributed by atoms with Crippen molar-refractivity contribution in [3.8, 4) is 0 Å². The number of hydrogen-bond acceptors (Lipinski definition) is 7. The number of nitrogens with zero attached hydrogens (tertiary/aromatic N) is 1. The molecule has 0 spiro atoms. The fraction of sp³-hybridized carbons (Fsp3) is 0.725. The Labute approximate surface area is 314 Å². The van der Waals surface area contributed by atoms with Gasteiger partial charge in [-0.2, -0.15) is 0 Å². The number of aromatic amines is 1. The van der Waals surface area contributed by atoms with Crippen molar-refractivity contribution in [2.45, 2.75) is 157 Å². The molecule has 1 aliphatic heterocycles. The van der Waals surface area contributed by atoms with Gasteiger partial charge in [-0.15, -0.1) is 0 Å². The Morgan fingerprint density at radius 2 is 1.53 bits per heavy atom. The number of ketones is 2. The lowest BCUT2D eigenvalue weighted by Crippen LogP contribution is -2.62. The molecule has 5 amide bonds. The van der Waals surface area contributed by atoms with E-state index in [0.717, 1.165) is 44.9 Å². The van der Waals surface area contributed by atoms with Crippen LogP contribution in [0.4, 0.5) is 0 Å². The van der Waals surface area contributed by atoms with Gasteiger partial charge in [0.05, 0.1) is 11.6 Å². The molecule has 53 heavy (non-hydrogen) atoms. The molecular formula is C40H62N6O7. The minimum atomic E-state index is -1.06. The summed E-state index contributed by atoms with van der Waals surface area (Å²) >= 11 is 0. The van der Waals surface area contributed by atoms with Crippen LogP contribution in [0, 0.1) is 37.0 Å². The number of carbonyl (C=O) groups is 7. The summed E-state index contributed by atoms with van der Waals surface area (Å²) in [6.45, 7) is 16.6. The lowest BCUT2D eigenvalue weighted by atomic mass is 9.81. The van der Waals surface area contributed by atoms with E-state index in [9.17, 15) is 33.6 Å². The van der Waals surface area contributed by atoms with Crippen LogP contribution in [-0.2, 0) is 24.0 Å². The number of hydrogen-bond donors (Lipinski definition) is 5. The average Bonchev–Trinajstić information content (AvgIpc) is 3.70. The quantitative estimate of drug-likeness (QED) is 0.133. The molecule has 1 aromatic rings. The van der Waals surface area contributed by atoms with Gasteiger partial charge in [0.25, 0.3) is 11.8 Å². The van der Waals surface area contributed by atoms with Crippen molar-refractivity contribution in [2.75, 3.05) is 6.54 Å². The van der Waals surface area contributed by atoms with E-state index >= 15 is 0 Å². The number of H-pyrrole nitrogens is 1. The molecule has 0 bridgehead atoms. The van der Waals surface area contributed by atoms with Gasteiger partial charge in [-0.1, -0.05) is 67.2 Å². The summed E-state index contributed by atoms with van der Waals surface area (Å²) in [6, 6.07) is -3.97. The van der Waals surface area contributed by atoms with Crippen LogP contribution in [0.5, 0.6) is 0 Å². The van der Waals surface area contributed by atoms with Crippen LogP contribution in [0.3, 0.4) is 0 Å². The van der Waals surface area contributed by atoms with Gasteiger partial charge in [0.15, 0.2) is 5.78 Å². The maximum absolute atomic E-state index is 14.7. The highest BCUT2D eigenvalue weighted by Crippen LogP contribution is 2.34. The molecule has 0 radical (unpaired) electrons. The van der Waals surface area contributed by atoms with Gasteiger partial charge in [-0.25, -0.2) is 0 Å². The van der Waals surface area contributed by atoms with Gasteiger partial charge in [-0.05, 0) is 88.0 Å². The normalized spacial score (nSPS) is 21.1. The van der Waals surface area contributed by atoms with Crippen molar-refractivity contribution in [2.24, 2.45) is 23.2 Å². The standard InChI is InChI=1S/C40H62N6O7/c1-10-14-28(33(48)38(52)42-26-17-18-26)43-37(51)32-27(21(2)3)19-20-46(32)39(53)34(40(7,8)9)45-35(49)30(25-15-12-11-13-16-25)44-36(50)31-29(24(6)47)22(4)23(5)41-31/h21,25-28,30,32,34,41H,10-20H2,1-9H3,(H,42,52)(H,43,51)(H,44,50)(H,45,49)/t27-,28+,30?,32+,34-/m1/s1. The predicted molar refractivity (Wildman–Crippen MR) is 201 cm³/mol. The van der Waals surface area contributed by atoms with Crippen molar-refractivity contribution in [1.82, 2.24) is 31.2 Å². The molecule has 13 nitrogen and oxygen atoms in total. The number of amides is 5. The molecule has 1 saturated heterocycles. The molecule has 1 aromatic heterocycles. The molecule has 3 aliphatic rings. The zero-order valence-corrected chi connectivity index (χ0v) is 33.2. The van der Waals surface area contributed by atoms with Gasteiger partial charge >= 0.3 is 0 Å². The molecule has 5 N–H and O–H groups in total. The van der Waals surface area contributed by atoms with Crippen molar-refractivity contribution in [3.63, 3.8) is 0 Å². The summed E-state index contributed by atoms with van der Waals surface area (Å²) in [5, 5.41) is 11.5. The highest BCUT2D eigenvalue weighted by Gasteiger charge is 2.48. The van der Waals surface area contributed by atoms with Crippen molar-refractivity contribution < 1.29 is 33.6 Å². The summed E-state index contributed by atoms with van der Waals surface area (Å²) < 4.78 is 0. The summed E-state index contributed by atoms with van der Waals surface area (Å²) in [6.07, 6.45) is 7.30. The molecule has 2 heterocycles. The first-order valence-corrected chi connectivity index (χ1v) is 19.6. The summed E-state index contributed by atoms with van der Waals surface area (Å²) in [5.41, 5.74) is 0.973. The molecule has 3 fully saturated rings. The maximum atomic E-state index is 14.7. The molecule has 13 heteroatoms. The van der Waals surface area contributed by atoms with Crippen LogP contribution in [-0.4, -0.2) is 87.7 Å². The van der Waals surface area contributed by atoms with Gasteiger partial charge in [0, 0.05) is 18.3 Å². The SMILES string of the molecule is CCC[C@H](NC(=O)[C@@H]1[C@@H](C(C)C)CCN1C(=O)[C@@H](NC(=O)C(NC(=O)c1[nH]c(C)c(C)c1C(C)=O)C1CCCCC1)C(C)(C)C)C(=O)C(=O)NC1CC1. The predicted octanol–water partition coefficient (Wildman–Crippen LogP) is 4.05. The minimum Gasteiger partial charge on any atom is -0.354 e. The average molecular weight is 739 g/mol. The van der Waals surface area contributed by atoms with Gasteiger partial charge in [-0.3, -0.25) is 33.6 Å². The van der Waals surface area contributed by atoms with E-state index in [-0.39, 0.29) is 53.8 Å². The van der Waals surface area contributed by atoms with E-state index in [1.165, 1.54) is 11.8 Å². The summed E-state index contributed by atoms with van der Waals surface area (Å²) in [5.74, 6) is -4.02. The number of aryl methyl sites for hydroxylation is 1. The zero-order chi connectivity index (χ0) is 39.4. The summed E-state index contributed by atoms with van der Waals surface area (Å²) in [4.78, 5) is 99.9. The Balaban J connectivity index is 1.60. The monoisotopic (exact) mass is 738 g/mol. The van der Waals surface area contributed by atoms with Crippen LogP contribution < -0.4 is 21.3 Å². The van der Waals surface area contributed by atoms with Crippen LogP contribution >= 0.6 is 0 Å². The van der Waals surface area contributed by atoms with Crippen molar-refractivity contribution >= 4 is 41.1 Å².